The third kappa shape index (κ3) is 1.09. The minimum Gasteiger partial charge on any atom is -0.398 e. The SMILES string of the molecule is CC(=O)n1ccc2c(N)cccc21. The molecule has 3 nitrogen and oxygen atoms in total. The maximum absolute atomic E-state index is 11.2. The lowest BCUT2D eigenvalue weighted by atomic mass is 10.2. The first-order valence-corrected chi connectivity index (χ1v) is 4.06. The summed E-state index contributed by atoms with van der Waals surface area (Å²) in [6.45, 7) is 1.53. The molecule has 3 heteroatoms. The van der Waals surface area contributed by atoms with E-state index in [9.17, 15) is 4.79 Å². The van der Waals surface area contributed by atoms with Crippen molar-refractivity contribution in [3.8, 4) is 0 Å². The summed E-state index contributed by atoms with van der Waals surface area (Å²) in [5.41, 5.74) is 7.32. The lowest BCUT2D eigenvalue weighted by Crippen LogP contribution is -2.02. The summed E-state index contributed by atoms with van der Waals surface area (Å²) >= 11 is 0. The topological polar surface area (TPSA) is 48.0 Å². The first kappa shape index (κ1) is 7.86. The molecule has 0 radical (unpaired) electrons. The Balaban J connectivity index is 2.83. The number of nitrogens with two attached hydrogens (primary N) is 1. The van der Waals surface area contributed by atoms with Crippen molar-refractivity contribution in [1.29, 1.82) is 0 Å². The van der Waals surface area contributed by atoms with Gasteiger partial charge >= 0.3 is 0 Å². The average molecular weight is 174 g/mol. The third-order valence-corrected chi connectivity index (χ3v) is 2.11. The first-order chi connectivity index (χ1) is 6.20. The van der Waals surface area contributed by atoms with Gasteiger partial charge in [0.15, 0.2) is 0 Å². The number of hydrogen-bond donors (Lipinski definition) is 1. The molecule has 66 valence electrons. The second-order valence-electron chi connectivity index (χ2n) is 2.98. The highest BCUT2D eigenvalue weighted by atomic mass is 16.1. The van der Waals surface area contributed by atoms with Crippen molar-refractivity contribution < 1.29 is 4.79 Å². The van der Waals surface area contributed by atoms with Crippen molar-refractivity contribution in [1.82, 2.24) is 4.57 Å². The quantitative estimate of drug-likeness (QED) is 0.620. The van der Waals surface area contributed by atoms with E-state index < -0.39 is 0 Å². The molecule has 0 aliphatic heterocycles. The number of fused-ring (bicyclic) bond motifs is 1. The summed E-state index contributed by atoms with van der Waals surface area (Å²) in [7, 11) is 0. The summed E-state index contributed by atoms with van der Waals surface area (Å²) in [5, 5.41) is 0.928. The van der Waals surface area contributed by atoms with Crippen LogP contribution in [0.3, 0.4) is 0 Å². The second kappa shape index (κ2) is 2.62. The molecular weight excluding hydrogens is 164 g/mol. The number of anilines is 1. The molecule has 0 amide bonds. The molecule has 0 unspecified atom stereocenters. The average Bonchev–Trinajstić information content (AvgIpc) is 2.48. The fourth-order valence-electron chi connectivity index (χ4n) is 1.47. The van der Waals surface area contributed by atoms with Gasteiger partial charge in [-0.1, -0.05) is 6.07 Å². The Hall–Kier alpha value is -1.77. The van der Waals surface area contributed by atoms with Crippen molar-refractivity contribution in [2.75, 3.05) is 5.73 Å². The van der Waals surface area contributed by atoms with Crippen LogP contribution in [-0.2, 0) is 0 Å². The standard InChI is InChI=1S/C10H10N2O/c1-7(13)12-6-5-8-9(11)3-2-4-10(8)12/h2-6H,11H2,1H3. The van der Waals surface area contributed by atoms with Crippen LogP contribution in [0.15, 0.2) is 30.5 Å². The van der Waals surface area contributed by atoms with Crippen molar-refractivity contribution in [3.63, 3.8) is 0 Å². The van der Waals surface area contributed by atoms with E-state index in [0.717, 1.165) is 10.9 Å². The Morgan fingerprint density at radius 1 is 1.38 bits per heavy atom. The van der Waals surface area contributed by atoms with Crippen LogP contribution >= 0.6 is 0 Å². The molecule has 1 aromatic heterocycles. The fraction of sp³-hybridized carbons (Fsp3) is 0.100. The number of hydrogen-bond acceptors (Lipinski definition) is 2. The zero-order valence-electron chi connectivity index (χ0n) is 7.32. The van der Waals surface area contributed by atoms with Crippen LogP contribution in [0, 0.1) is 0 Å². The summed E-state index contributed by atoms with van der Waals surface area (Å²) < 4.78 is 1.59. The van der Waals surface area contributed by atoms with Crippen molar-refractivity contribution >= 4 is 22.5 Å². The summed E-state index contributed by atoms with van der Waals surface area (Å²) in [5.74, 6) is 0.000556. The Morgan fingerprint density at radius 2 is 2.15 bits per heavy atom. The Labute approximate surface area is 75.8 Å². The maximum atomic E-state index is 11.2. The minimum atomic E-state index is 0.000556. The van der Waals surface area contributed by atoms with Crippen LogP contribution in [-0.4, -0.2) is 10.5 Å². The molecule has 0 spiro atoms. The number of carbonyl (C=O) groups excluding carboxylic acids is 1. The number of benzene rings is 1. The Morgan fingerprint density at radius 3 is 2.85 bits per heavy atom. The van der Waals surface area contributed by atoms with E-state index in [1.165, 1.54) is 6.92 Å². The van der Waals surface area contributed by atoms with Gasteiger partial charge in [0.2, 0.25) is 5.91 Å². The highest BCUT2D eigenvalue weighted by Gasteiger charge is 2.04. The monoisotopic (exact) mass is 174 g/mol. The number of nitrogens with zero attached hydrogens (tertiary/aromatic N) is 1. The van der Waals surface area contributed by atoms with E-state index in [1.54, 1.807) is 10.8 Å². The van der Waals surface area contributed by atoms with Gasteiger partial charge in [0, 0.05) is 24.2 Å². The van der Waals surface area contributed by atoms with Gasteiger partial charge in [-0.3, -0.25) is 9.36 Å². The van der Waals surface area contributed by atoms with Gasteiger partial charge in [0.25, 0.3) is 0 Å². The van der Waals surface area contributed by atoms with Gasteiger partial charge in [-0.15, -0.1) is 0 Å². The molecule has 2 rings (SSSR count). The highest BCUT2D eigenvalue weighted by molar-refractivity contribution is 5.97. The van der Waals surface area contributed by atoms with Crippen LogP contribution in [0.25, 0.3) is 10.9 Å². The van der Waals surface area contributed by atoms with Gasteiger partial charge < -0.3 is 5.73 Å². The summed E-state index contributed by atoms with van der Waals surface area (Å²) in [6, 6.07) is 7.41. The molecule has 13 heavy (non-hydrogen) atoms. The molecule has 1 heterocycles. The molecule has 0 bridgehead atoms. The largest absolute Gasteiger partial charge is 0.398 e. The minimum absolute atomic E-state index is 0.000556. The van der Waals surface area contributed by atoms with Gasteiger partial charge in [-0.05, 0) is 18.2 Å². The van der Waals surface area contributed by atoms with Crippen LogP contribution in [0.5, 0.6) is 0 Å². The first-order valence-electron chi connectivity index (χ1n) is 4.06. The van der Waals surface area contributed by atoms with Crippen molar-refractivity contribution in [3.05, 3.63) is 30.5 Å². The predicted molar refractivity (Wildman–Crippen MR) is 52.7 cm³/mol. The summed E-state index contributed by atoms with van der Waals surface area (Å²) in [4.78, 5) is 11.2. The number of carbonyl (C=O) groups is 1. The van der Waals surface area contributed by atoms with Crippen LogP contribution < -0.4 is 5.73 Å². The maximum Gasteiger partial charge on any atom is 0.227 e. The van der Waals surface area contributed by atoms with Gasteiger partial charge in [0.05, 0.1) is 5.52 Å². The van der Waals surface area contributed by atoms with E-state index in [0.29, 0.717) is 5.69 Å². The van der Waals surface area contributed by atoms with Gasteiger partial charge in [-0.25, -0.2) is 0 Å². The molecule has 0 fully saturated rings. The van der Waals surface area contributed by atoms with Gasteiger partial charge in [-0.2, -0.15) is 0 Å². The zero-order valence-corrected chi connectivity index (χ0v) is 7.32. The highest BCUT2D eigenvalue weighted by Crippen LogP contribution is 2.21. The lowest BCUT2D eigenvalue weighted by molar-refractivity contribution is 0.0941. The van der Waals surface area contributed by atoms with Crippen LogP contribution in [0.2, 0.25) is 0 Å². The van der Waals surface area contributed by atoms with E-state index >= 15 is 0 Å². The number of nitrogen functional groups attached to an aromatic ring is 1. The number of rotatable bonds is 0. The van der Waals surface area contributed by atoms with Crippen LogP contribution in [0.1, 0.15) is 11.7 Å². The third-order valence-electron chi connectivity index (χ3n) is 2.11. The molecule has 0 saturated heterocycles. The summed E-state index contributed by atoms with van der Waals surface area (Å²) in [6.07, 6.45) is 1.74. The van der Waals surface area contributed by atoms with E-state index in [2.05, 4.69) is 0 Å². The lowest BCUT2D eigenvalue weighted by Gasteiger charge is -1.99. The number of aromatic nitrogens is 1. The Kier molecular flexibility index (Phi) is 1.59. The smallest absolute Gasteiger partial charge is 0.227 e. The van der Waals surface area contributed by atoms with Gasteiger partial charge in [0.1, 0.15) is 0 Å². The molecule has 0 saturated carbocycles. The predicted octanol–water partition coefficient (Wildman–Crippen LogP) is 1.88. The molecule has 1 aromatic carbocycles. The van der Waals surface area contributed by atoms with Crippen molar-refractivity contribution in [2.45, 2.75) is 6.92 Å². The molecule has 2 aromatic rings. The van der Waals surface area contributed by atoms with E-state index in [4.69, 9.17) is 5.73 Å². The molecule has 2 N–H and O–H groups in total. The fourth-order valence-corrected chi connectivity index (χ4v) is 1.47. The zero-order chi connectivity index (χ0) is 9.42. The van der Waals surface area contributed by atoms with Crippen molar-refractivity contribution in [2.24, 2.45) is 0 Å². The Bertz CT molecular complexity index is 471. The van der Waals surface area contributed by atoms with E-state index in [1.807, 2.05) is 24.3 Å². The molecular formula is C10H10N2O. The van der Waals surface area contributed by atoms with E-state index in [-0.39, 0.29) is 5.91 Å². The molecule has 0 aliphatic carbocycles. The molecule has 0 aliphatic rings. The van der Waals surface area contributed by atoms with Crippen LogP contribution in [0.4, 0.5) is 5.69 Å². The second-order valence-corrected chi connectivity index (χ2v) is 2.98. The normalized spacial score (nSPS) is 10.5. The molecule has 0 atom stereocenters.